The standard InChI is InChI=1S/C26H33N3O2/c1-3-5-10-21-17-20(18-23(30)9-4-2)25-26(21,19-28-22-11-6-7-12-22)14-13-24(31)29(25)16-8-15-27/h3-5,9-10,17-18,22,25,28,30H,1-2,6-8,11-14,16,19H2/b10-5-,20-18+,23-9+. The highest BCUT2D eigenvalue weighted by molar-refractivity contribution is 5.80. The van der Waals surface area contributed by atoms with Gasteiger partial charge in [-0.1, -0.05) is 56.4 Å². The molecule has 5 nitrogen and oxygen atoms in total. The number of nitrogens with zero attached hydrogens (tertiary/aromatic N) is 2. The summed E-state index contributed by atoms with van der Waals surface area (Å²) in [6, 6.07) is 2.46. The van der Waals surface area contributed by atoms with E-state index >= 15 is 0 Å². The smallest absolute Gasteiger partial charge is 0.223 e. The first-order valence-electron chi connectivity index (χ1n) is 11.2. The molecule has 1 amide bonds. The van der Waals surface area contributed by atoms with E-state index < -0.39 is 0 Å². The van der Waals surface area contributed by atoms with Crippen LogP contribution in [0.3, 0.4) is 0 Å². The Morgan fingerprint density at radius 3 is 2.81 bits per heavy atom. The maximum absolute atomic E-state index is 12.9. The summed E-state index contributed by atoms with van der Waals surface area (Å²) in [6.45, 7) is 8.61. The van der Waals surface area contributed by atoms with Crippen LogP contribution in [-0.4, -0.2) is 41.1 Å². The Labute approximate surface area is 185 Å². The molecule has 1 saturated carbocycles. The molecule has 1 saturated heterocycles. The molecule has 0 radical (unpaired) electrons. The number of nitrogens with one attached hydrogen (secondary N) is 1. The van der Waals surface area contributed by atoms with Crippen LogP contribution in [0.15, 0.2) is 72.6 Å². The molecule has 31 heavy (non-hydrogen) atoms. The van der Waals surface area contributed by atoms with E-state index in [1.807, 2.05) is 11.0 Å². The molecule has 5 heteroatoms. The third kappa shape index (κ3) is 4.91. The second-order valence-corrected chi connectivity index (χ2v) is 8.58. The average molecular weight is 420 g/mol. The molecule has 3 rings (SSSR count). The number of rotatable bonds is 9. The van der Waals surface area contributed by atoms with Crippen molar-refractivity contribution in [2.75, 3.05) is 13.1 Å². The highest BCUT2D eigenvalue weighted by atomic mass is 16.3. The number of likely N-dealkylation sites (tertiary alicyclic amines) is 1. The molecule has 3 aliphatic rings. The van der Waals surface area contributed by atoms with Crippen LogP contribution in [-0.2, 0) is 4.79 Å². The first-order chi connectivity index (χ1) is 15.1. The van der Waals surface area contributed by atoms with Gasteiger partial charge in [0.2, 0.25) is 5.91 Å². The lowest BCUT2D eigenvalue weighted by atomic mass is 9.69. The Balaban J connectivity index is 2.06. The van der Waals surface area contributed by atoms with E-state index in [9.17, 15) is 15.2 Å². The number of aliphatic hydroxyl groups excluding tert-OH is 1. The maximum atomic E-state index is 12.9. The van der Waals surface area contributed by atoms with Crippen LogP contribution in [0.5, 0.6) is 0 Å². The lowest BCUT2D eigenvalue weighted by Crippen LogP contribution is -2.58. The van der Waals surface area contributed by atoms with E-state index in [1.54, 1.807) is 18.2 Å². The highest BCUT2D eigenvalue weighted by Crippen LogP contribution is 2.51. The first-order valence-corrected chi connectivity index (χ1v) is 11.2. The second-order valence-electron chi connectivity index (χ2n) is 8.58. The molecular weight excluding hydrogens is 386 g/mol. The largest absolute Gasteiger partial charge is 0.508 e. The highest BCUT2D eigenvalue weighted by Gasteiger charge is 2.53. The van der Waals surface area contributed by atoms with Crippen molar-refractivity contribution in [2.45, 2.75) is 57.0 Å². The number of carbonyl (C=O) groups is 1. The normalized spacial score (nSPS) is 28.1. The number of aliphatic hydroxyl groups is 1. The van der Waals surface area contributed by atoms with Crippen molar-refractivity contribution in [3.8, 4) is 6.07 Å². The van der Waals surface area contributed by atoms with Gasteiger partial charge in [-0.05, 0) is 42.6 Å². The van der Waals surface area contributed by atoms with Crippen molar-refractivity contribution in [2.24, 2.45) is 5.41 Å². The van der Waals surface area contributed by atoms with Gasteiger partial charge in [-0.2, -0.15) is 5.26 Å². The Morgan fingerprint density at radius 2 is 2.13 bits per heavy atom. The minimum atomic E-state index is -0.300. The fourth-order valence-electron chi connectivity index (χ4n) is 5.27. The fourth-order valence-corrected chi connectivity index (χ4v) is 5.27. The van der Waals surface area contributed by atoms with E-state index in [2.05, 4.69) is 36.7 Å². The summed E-state index contributed by atoms with van der Waals surface area (Å²) < 4.78 is 0. The van der Waals surface area contributed by atoms with Crippen molar-refractivity contribution in [1.82, 2.24) is 10.2 Å². The summed E-state index contributed by atoms with van der Waals surface area (Å²) >= 11 is 0. The molecule has 1 aliphatic heterocycles. The number of fused-ring (bicyclic) bond motifs is 1. The minimum Gasteiger partial charge on any atom is -0.508 e. The molecule has 164 valence electrons. The molecule has 2 unspecified atom stereocenters. The summed E-state index contributed by atoms with van der Waals surface area (Å²) in [5, 5.41) is 23.3. The Hall–Kier alpha value is -2.84. The van der Waals surface area contributed by atoms with Crippen LogP contribution in [0.25, 0.3) is 0 Å². The number of nitriles is 1. The molecule has 1 heterocycles. The third-order valence-electron chi connectivity index (χ3n) is 6.69. The molecule has 2 N–H and O–H groups in total. The minimum absolute atomic E-state index is 0.0668. The van der Waals surface area contributed by atoms with Crippen molar-refractivity contribution >= 4 is 5.91 Å². The fraction of sp³-hybridized carbons (Fsp3) is 0.462. The van der Waals surface area contributed by atoms with Crippen molar-refractivity contribution in [3.63, 3.8) is 0 Å². The number of piperidine rings is 1. The first kappa shape index (κ1) is 22.8. The summed E-state index contributed by atoms with van der Waals surface area (Å²) in [5.74, 6) is 0.170. The molecule has 2 fully saturated rings. The zero-order chi connectivity index (χ0) is 22.3. The number of carbonyl (C=O) groups excluding carboxylic acids is 1. The van der Waals surface area contributed by atoms with Crippen molar-refractivity contribution in [1.29, 1.82) is 5.26 Å². The van der Waals surface area contributed by atoms with E-state index in [0.717, 1.165) is 24.1 Å². The van der Waals surface area contributed by atoms with Crippen LogP contribution in [0, 0.1) is 16.7 Å². The Morgan fingerprint density at radius 1 is 1.35 bits per heavy atom. The van der Waals surface area contributed by atoms with Gasteiger partial charge in [0, 0.05) is 31.0 Å². The molecule has 2 aliphatic carbocycles. The molecule has 0 aromatic rings. The molecule has 0 bridgehead atoms. The van der Waals surface area contributed by atoms with Gasteiger partial charge in [0.25, 0.3) is 0 Å². The number of allylic oxidation sites excluding steroid dienone is 6. The average Bonchev–Trinajstić information content (AvgIpc) is 3.37. The van der Waals surface area contributed by atoms with E-state index in [1.165, 1.54) is 31.8 Å². The van der Waals surface area contributed by atoms with Gasteiger partial charge < -0.3 is 15.3 Å². The Bertz CT molecular complexity index is 868. The van der Waals surface area contributed by atoms with Gasteiger partial charge in [-0.25, -0.2) is 0 Å². The number of amides is 1. The summed E-state index contributed by atoms with van der Waals surface area (Å²) in [6.07, 6.45) is 19.0. The predicted molar refractivity (Wildman–Crippen MR) is 124 cm³/mol. The quantitative estimate of drug-likeness (QED) is 0.421. The lowest BCUT2D eigenvalue weighted by molar-refractivity contribution is -0.139. The van der Waals surface area contributed by atoms with Gasteiger partial charge in [0.15, 0.2) is 0 Å². The van der Waals surface area contributed by atoms with E-state index in [0.29, 0.717) is 19.0 Å². The van der Waals surface area contributed by atoms with E-state index in [-0.39, 0.29) is 29.5 Å². The Kier molecular flexibility index (Phi) is 7.70. The lowest BCUT2D eigenvalue weighted by Gasteiger charge is -2.48. The van der Waals surface area contributed by atoms with Gasteiger partial charge in [0.05, 0.1) is 18.5 Å². The van der Waals surface area contributed by atoms with E-state index in [4.69, 9.17) is 0 Å². The molecule has 0 aromatic heterocycles. The summed E-state index contributed by atoms with van der Waals surface area (Å²) in [5.41, 5.74) is 1.72. The number of hydrogen-bond acceptors (Lipinski definition) is 4. The topological polar surface area (TPSA) is 76.4 Å². The van der Waals surface area contributed by atoms with Crippen LogP contribution in [0.2, 0.25) is 0 Å². The summed E-state index contributed by atoms with van der Waals surface area (Å²) in [4.78, 5) is 14.8. The molecule has 2 atom stereocenters. The zero-order valence-corrected chi connectivity index (χ0v) is 18.2. The van der Waals surface area contributed by atoms with Crippen LogP contribution in [0.1, 0.15) is 44.9 Å². The zero-order valence-electron chi connectivity index (χ0n) is 18.2. The van der Waals surface area contributed by atoms with Crippen LogP contribution >= 0.6 is 0 Å². The van der Waals surface area contributed by atoms with Crippen molar-refractivity contribution in [3.05, 3.63) is 72.6 Å². The van der Waals surface area contributed by atoms with Gasteiger partial charge in [-0.15, -0.1) is 0 Å². The third-order valence-corrected chi connectivity index (χ3v) is 6.69. The van der Waals surface area contributed by atoms with Crippen molar-refractivity contribution < 1.29 is 9.90 Å². The number of hydrogen-bond donors (Lipinski definition) is 2. The summed E-state index contributed by atoms with van der Waals surface area (Å²) in [7, 11) is 0. The van der Waals surface area contributed by atoms with Crippen LogP contribution < -0.4 is 5.32 Å². The predicted octanol–water partition coefficient (Wildman–Crippen LogP) is 4.65. The van der Waals surface area contributed by atoms with Gasteiger partial charge in [0.1, 0.15) is 5.76 Å². The molecular formula is C26H33N3O2. The van der Waals surface area contributed by atoms with Gasteiger partial charge >= 0.3 is 0 Å². The maximum Gasteiger partial charge on any atom is 0.223 e. The SMILES string of the molecule is C=C/C=C\C1=CC(=C\C(O)=C/C=C)/C2N(CCC#N)C(=O)CCC12CNC1CCCC1. The monoisotopic (exact) mass is 419 g/mol. The van der Waals surface area contributed by atoms with Crippen LogP contribution in [0.4, 0.5) is 0 Å². The van der Waals surface area contributed by atoms with Gasteiger partial charge in [-0.3, -0.25) is 4.79 Å². The molecule has 0 spiro atoms. The second kappa shape index (κ2) is 10.5. The molecule has 0 aromatic carbocycles.